The molecule has 2 heterocycles. The van der Waals surface area contributed by atoms with Crippen molar-refractivity contribution in [2.24, 2.45) is 22.7 Å². The smallest absolute Gasteiger partial charge is 0.350 e. The molecule has 57 heavy (non-hydrogen) atoms. The van der Waals surface area contributed by atoms with Crippen molar-refractivity contribution in [2.75, 3.05) is 13.2 Å². The number of carbonyl (C=O) groups is 2. The first-order chi connectivity index (χ1) is 27.3. The highest BCUT2D eigenvalue weighted by Gasteiger charge is 2.66. The maximum Gasteiger partial charge on any atom is 0.350 e. The van der Waals surface area contributed by atoms with Crippen molar-refractivity contribution in [3.63, 3.8) is 0 Å². The number of rotatable bonds is 11. The number of hydrogen-bond donors (Lipinski definition) is 0. The molecule has 7 nitrogen and oxygen atoms in total. The van der Waals surface area contributed by atoms with E-state index in [-0.39, 0.29) is 29.3 Å². The average molecular weight is 769 g/mol. The Morgan fingerprint density at radius 3 is 1.96 bits per heavy atom. The maximum atomic E-state index is 14.4. The quantitative estimate of drug-likeness (QED) is 0.111. The molecule has 0 bridgehead atoms. The van der Waals surface area contributed by atoms with Gasteiger partial charge in [0.15, 0.2) is 5.60 Å². The largest absolute Gasteiger partial charge is 0.476 e. The van der Waals surface area contributed by atoms with Crippen LogP contribution in [0.5, 0.6) is 5.75 Å². The SMILES string of the molecule is Cc1cccc(OC(C)(C)C(=O)O[C@@H]2CC[C@@]3(C)C4CC(C5=CCOC5=O)O[C@]4(C)CC[C@@H]3[C@]2(C)COC(c2ccccc2)(c2ccccc2)c2ccccc2)c1. The Bertz CT molecular complexity index is 2020. The molecule has 0 amide bonds. The molecule has 1 saturated heterocycles. The number of aryl methyl sites for hydroxylation is 1. The summed E-state index contributed by atoms with van der Waals surface area (Å²) in [5, 5.41) is 0. The van der Waals surface area contributed by atoms with E-state index in [9.17, 15) is 9.59 Å². The van der Waals surface area contributed by atoms with Crippen molar-refractivity contribution >= 4 is 11.9 Å². The molecule has 2 aliphatic heterocycles. The van der Waals surface area contributed by atoms with Crippen molar-refractivity contribution in [1.82, 2.24) is 0 Å². The lowest BCUT2D eigenvalue weighted by Gasteiger charge is -2.62. The summed E-state index contributed by atoms with van der Waals surface area (Å²) in [4.78, 5) is 27.2. The van der Waals surface area contributed by atoms with Gasteiger partial charge in [-0.1, -0.05) is 117 Å². The molecule has 298 valence electrons. The van der Waals surface area contributed by atoms with E-state index in [1.165, 1.54) is 0 Å². The van der Waals surface area contributed by atoms with Crippen molar-refractivity contribution in [3.05, 3.63) is 149 Å². The Kier molecular flexibility index (Phi) is 10.2. The van der Waals surface area contributed by atoms with Crippen LogP contribution in [-0.4, -0.2) is 48.6 Å². The molecule has 0 spiro atoms. The second-order valence-electron chi connectivity index (χ2n) is 18.0. The number of esters is 2. The Morgan fingerprint density at radius 2 is 1.40 bits per heavy atom. The first kappa shape index (κ1) is 39.1. The van der Waals surface area contributed by atoms with Crippen LogP contribution in [0.25, 0.3) is 0 Å². The molecule has 2 saturated carbocycles. The van der Waals surface area contributed by atoms with E-state index in [4.69, 9.17) is 23.7 Å². The summed E-state index contributed by atoms with van der Waals surface area (Å²) >= 11 is 0. The zero-order chi connectivity index (χ0) is 40.1. The van der Waals surface area contributed by atoms with Gasteiger partial charge in [0.05, 0.1) is 23.9 Å². The molecule has 4 aromatic rings. The first-order valence-corrected chi connectivity index (χ1v) is 20.6. The van der Waals surface area contributed by atoms with Crippen LogP contribution in [0.3, 0.4) is 0 Å². The second kappa shape index (κ2) is 14.9. The number of benzene rings is 4. The van der Waals surface area contributed by atoms with Gasteiger partial charge in [-0.05, 0) is 118 Å². The fraction of sp³-hybridized carbons (Fsp3) is 0.440. The summed E-state index contributed by atoms with van der Waals surface area (Å²) in [5.41, 5.74) is 1.33. The minimum absolute atomic E-state index is 0.0994. The second-order valence-corrected chi connectivity index (χ2v) is 18.0. The van der Waals surface area contributed by atoms with E-state index in [2.05, 4.69) is 93.6 Å². The first-order valence-electron chi connectivity index (χ1n) is 20.6. The molecular weight excluding hydrogens is 713 g/mol. The van der Waals surface area contributed by atoms with Gasteiger partial charge in [0.25, 0.3) is 0 Å². The summed E-state index contributed by atoms with van der Waals surface area (Å²) in [5.74, 6) is 0.221. The minimum atomic E-state index is -1.24. The number of fused-ring (bicyclic) bond motifs is 3. The summed E-state index contributed by atoms with van der Waals surface area (Å²) < 4.78 is 33.0. The van der Waals surface area contributed by atoms with Crippen molar-refractivity contribution in [2.45, 2.75) is 103 Å². The van der Waals surface area contributed by atoms with E-state index >= 15 is 0 Å². The van der Waals surface area contributed by atoms with E-state index in [1.807, 2.05) is 55.5 Å². The van der Waals surface area contributed by atoms with Crippen LogP contribution in [0.2, 0.25) is 0 Å². The molecule has 8 rings (SSSR count). The molecule has 2 aliphatic carbocycles. The van der Waals surface area contributed by atoms with Gasteiger partial charge >= 0.3 is 11.9 Å². The standard InChI is InChI=1S/C50H56O7/c1-34-17-16-24-38(31-34)56-46(2,3)45(52)55-43-26-28-47(4)41(25-29-49(6)42(47)32-40(57-49)39-27-30-53-44(39)51)48(43,5)33-54-50(35-18-10-7-11-19-35,36-20-12-8-13-21-36)37-22-14-9-15-23-37/h7-24,27,31,40-43H,25-26,28-30,32-33H2,1-6H3/t40?,41-,42?,43+,47+,48-,49+/m0/s1. The van der Waals surface area contributed by atoms with Crippen molar-refractivity contribution in [1.29, 1.82) is 0 Å². The van der Waals surface area contributed by atoms with E-state index in [1.54, 1.807) is 13.8 Å². The normalized spacial score (nSPS) is 29.8. The average Bonchev–Trinajstić information content (AvgIpc) is 3.80. The molecule has 7 atom stereocenters. The van der Waals surface area contributed by atoms with Crippen LogP contribution in [0.1, 0.15) is 89.0 Å². The molecule has 3 fully saturated rings. The minimum Gasteiger partial charge on any atom is -0.476 e. The van der Waals surface area contributed by atoms with Crippen molar-refractivity contribution < 1.29 is 33.3 Å². The summed E-state index contributed by atoms with van der Waals surface area (Å²) in [6.07, 6.45) is 5.02. The monoisotopic (exact) mass is 768 g/mol. The molecule has 4 aromatic carbocycles. The van der Waals surface area contributed by atoms with Gasteiger partial charge in [-0.25, -0.2) is 9.59 Å². The highest BCUT2D eigenvalue weighted by atomic mass is 16.6. The molecule has 2 unspecified atom stereocenters. The van der Waals surface area contributed by atoms with Gasteiger partial charge in [0.2, 0.25) is 0 Å². The van der Waals surface area contributed by atoms with Gasteiger partial charge in [0, 0.05) is 5.41 Å². The topological polar surface area (TPSA) is 80.3 Å². The van der Waals surface area contributed by atoms with Crippen LogP contribution < -0.4 is 4.74 Å². The lowest BCUT2D eigenvalue weighted by atomic mass is 9.44. The Balaban J connectivity index is 1.19. The summed E-state index contributed by atoms with van der Waals surface area (Å²) in [7, 11) is 0. The zero-order valence-electron chi connectivity index (χ0n) is 34.2. The third-order valence-electron chi connectivity index (χ3n) is 13.9. The lowest BCUT2D eigenvalue weighted by molar-refractivity contribution is -0.225. The fourth-order valence-electron chi connectivity index (χ4n) is 11.1. The Morgan fingerprint density at radius 1 is 0.789 bits per heavy atom. The molecular formula is C50H56O7. The highest BCUT2D eigenvalue weighted by Crippen LogP contribution is 2.67. The molecule has 7 heteroatoms. The number of cyclic esters (lactones) is 1. The summed E-state index contributed by atoms with van der Waals surface area (Å²) in [6, 6.07) is 39.1. The van der Waals surface area contributed by atoms with Gasteiger partial charge in [-0.15, -0.1) is 0 Å². The fourth-order valence-corrected chi connectivity index (χ4v) is 11.1. The zero-order valence-corrected chi connectivity index (χ0v) is 34.2. The highest BCUT2D eigenvalue weighted by molar-refractivity contribution is 5.91. The van der Waals surface area contributed by atoms with E-state index in [0.29, 0.717) is 31.0 Å². The molecule has 0 N–H and O–H groups in total. The van der Waals surface area contributed by atoms with Gasteiger partial charge in [-0.3, -0.25) is 0 Å². The van der Waals surface area contributed by atoms with Crippen LogP contribution in [-0.2, 0) is 34.1 Å². The number of carbonyl (C=O) groups excluding carboxylic acids is 2. The Labute approximate surface area is 337 Å². The van der Waals surface area contributed by atoms with Crippen molar-refractivity contribution in [3.8, 4) is 5.75 Å². The number of hydrogen-bond acceptors (Lipinski definition) is 7. The predicted molar refractivity (Wildman–Crippen MR) is 220 cm³/mol. The third-order valence-corrected chi connectivity index (χ3v) is 13.9. The number of ether oxygens (including phenoxy) is 5. The van der Waals surface area contributed by atoms with Crippen LogP contribution in [0, 0.1) is 29.6 Å². The summed E-state index contributed by atoms with van der Waals surface area (Å²) in [6.45, 7) is 13.1. The molecule has 0 aromatic heterocycles. The van der Waals surface area contributed by atoms with Gasteiger partial charge in [-0.2, -0.15) is 0 Å². The molecule has 0 radical (unpaired) electrons. The predicted octanol–water partition coefficient (Wildman–Crippen LogP) is 9.94. The Hall–Kier alpha value is -4.72. The third kappa shape index (κ3) is 6.91. The van der Waals surface area contributed by atoms with Crippen LogP contribution >= 0.6 is 0 Å². The lowest BCUT2D eigenvalue weighted by Crippen LogP contribution is -2.63. The van der Waals surface area contributed by atoms with E-state index in [0.717, 1.165) is 47.9 Å². The maximum absolute atomic E-state index is 14.4. The van der Waals surface area contributed by atoms with Crippen LogP contribution in [0.15, 0.2) is 127 Å². The van der Waals surface area contributed by atoms with E-state index < -0.39 is 34.3 Å². The van der Waals surface area contributed by atoms with Gasteiger partial charge in [0.1, 0.15) is 24.1 Å². The van der Waals surface area contributed by atoms with Gasteiger partial charge < -0.3 is 23.7 Å². The van der Waals surface area contributed by atoms with Crippen LogP contribution in [0.4, 0.5) is 0 Å². The molecule has 4 aliphatic rings.